The van der Waals surface area contributed by atoms with Crippen LogP contribution in [-0.2, 0) is 61.8 Å². The first-order valence-electron chi connectivity index (χ1n) is 24.6. The zero-order chi connectivity index (χ0) is 52.0. The average Bonchev–Trinajstić information content (AvgIpc) is 4.35. The first-order chi connectivity index (χ1) is 36.2. The minimum atomic E-state index is -1.44. The topological polar surface area (TPSA) is 253 Å². The number of ether oxygens (including phenoxy) is 3. The average molecular weight is 1230 g/mol. The Morgan fingerprint density at radius 3 is 1.58 bits per heavy atom. The van der Waals surface area contributed by atoms with Crippen molar-refractivity contribution in [3.05, 3.63) is 200 Å². The molecule has 8 aromatic rings. The number of ketones is 1. The van der Waals surface area contributed by atoms with Gasteiger partial charge in [-0.1, -0.05) is 6.92 Å². The predicted octanol–water partition coefficient (Wildman–Crippen LogP) is 5.29. The number of aromatic nitrogens is 12. The zero-order valence-electron chi connectivity index (χ0n) is 44.2. The fourth-order valence-electron chi connectivity index (χ4n) is 8.37. The molecule has 78 heavy (non-hydrogen) atoms. The van der Waals surface area contributed by atoms with E-state index >= 15 is 0 Å². The number of aromatic amines is 1. The van der Waals surface area contributed by atoms with Crippen molar-refractivity contribution in [2.24, 2.45) is 0 Å². The van der Waals surface area contributed by atoms with Crippen LogP contribution in [0.1, 0.15) is 152 Å². The van der Waals surface area contributed by atoms with Crippen molar-refractivity contribution in [2.45, 2.75) is 108 Å². The van der Waals surface area contributed by atoms with Crippen LogP contribution in [0.25, 0.3) is 0 Å². The van der Waals surface area contributed by atoms with Crippen molar-refractivity contribution in [2.75, 3.05) is 19.8 Å². The van der Waals surface area contributed by atoms with Crippen molar-refractivity contribution < 1.29 is 88.2 Å². The van der Waals surface area contributed by atoms with Crippen LogP contribution in [0.3, 0.4) is 0 Å². The molecule has 0 aliphatic carbocycles. The SMILES string of the molecule is CC(O)(c1ccncc1)c1ccn(C2CCCCO2)n1.CC(c1ccncc1)c1ccn[nH]1.O=C(c1ccncc1)c1ccn(C2CCCCO2)n1.OC(c1ccncc1)c1ccn(C2CCCCO2)n1.[Br-].[CH3-].[Mg+2].[O]=[Mn]=[O].[Zn]. The van der Waals surface area contributed by atoms with E-state index < -0.39 is 26.5 Å². The van der Waals surface area contributed by atoms with Crippen LogP contribution in [0.4, 0.5) is 0 Å². The van der Waals surface area contributed by atoms with Gasteiger partial charge in [-0.2, -0.15) is 20.4 Å². The number of carbonyl (C=O) groups excluding carboxylic acids is 1. The molecule has 3 fully saturated rings. The summed E-state index contributed by atoms with van der Waals surface area (Å²) in [5, 5.41) is 41.1. The largest absolute Gasteiger partial charge is 0 e. The molecule has 0 radical (unpaired) electrons. The standard InChI is InChI=1S/C15H19N3O2.C14H17N3O2.C14H15N3O2.C10H11N3.CH3.BrH.Mg.Mn.2O.Zn/c1-15(19,12-5-8-16-9-6-12)13-7-10-18(17-13)14-4-2-3-11-20-14;2*18-14(11-4-7-15-8-5-11)12-6-9-17(16-12)13-3-1-2-10-19-13;1-8(10-4-7-12-13-10)9-2-5-11-6-3-9;;;;;;;/h5-10,14,19H,2-4,11H2,1H3;4-9,13-14,18H,1-3,10H2;4-9,13H,1-3,10H2;2-8H,1H3,(H,12,13);1H3;1H;;;;;/q;;;;-1;;+2;;;;/p-1. The van der Waals surface area contributed by atoms with E-state index in [1.54, 1.807) is 102 Å². The molecule has 6 unspecified atom stereocenters. The van der Waals surface area contributed by atoms with E-state index in [-0.39, 0.29) is 91.4 Å². The van der Waals surface area contributed by atoms with Gasteiger partial charge in [0.1, 0.15) is 36.1 Å². The Labute approximate surface area is 500 Å². The summed E-state index contributed by atoms with van der Waals surface area (Å²) in [5.74, 6) is 0.266. The Morgan fingerprint density at radius 1 is 0.641 bits per heavy atom. The molecule has 407 valence electrons. The van der Waals surface area contributed by atoms with E-state index in [1.165, 1.54) is 5.56 Å². The van der Waals surface area contributed by atoms with Crippen molar-refractivity contribution in [1.82, 2.24) is 59.5 Å². The van der Waals surface area contributed by atoms with Crippen LogP contribution in [0.15, 0.2) is 147 Å². The maximum absolute atomic E-state index is 12.2. The molecule has 3 aliphatic rings. The number of H-pyrrole nitrogens is 1. The second-order valence-corrected chi connectivity index (χ2v) is 17.9. The summed E-state index contributed by atoms with van der Waals surface area (Å²) in [6.45, 7) is 6.21. The summed E-state index contributed by atoms with van der Waals surface area (Å²) in [5.41, 5.74) is 5.14. The minimum absolute atomic E-state index is 0. The van der Waals surface area contributed by atoms with Gasteiger partial charge >= 0.3 is 45.5 Å². The number of hydrogen-bond acceptors (Lipinski definition) is 16. The molecule has 11 rings (SSSR count). The molecule has 11 heterocycles. The number of aliphatic hydroxyl groups is 2. The van der Waals surface area contributed by atoms with E-state index in [2.05, 4.69) is 52.4 Å². The summed E-state index contributed by atoms with van der Waals surface area (Å²) in [4.78, 5) is 28.0. The number of nitrogens with one attached hydrogen (secondary N) is 1. The van der Waals surface area contributed by atoms with Crippen LogP contribution < -0.4 is 17.0 Å². The minimum Gasteiger partial charge on any atom is 0 e. The molecule has 0 amide bonds. The maximum atomic E-state index is 12.2. The van der Waals surface area contributed by atoms with Gasteiger partial charge in [-0.25, -0.2) is 14.0 Å². The predicted molar refractivity (Wildman–Crippen MR) is 276 cm³/mol. The Bertz CT molecular complexity index is 2890. The summed E-state index contributed by atoms with van der Waals surface area (Å²) in [6.07, 6.45) is 29.8. The van der Waals surface area contributed by atoms with Gasteiger partial charge in [0.2, 0.25) is 5.78 Å². The molecule has 0 aromatic carbocycles. The monoisotopic (exact) mass is 1230 g/mol. The third-order valence-corrected chi connectivity index (χ3v) is 12.6. The molecule has 3 N–H and O–H groups in total. The van der Waals surface area contributed by atoms with Gasteiger partial charge in [0.25, 0.3) is 0 Å². The van der Waals surface area contributed by atoms with Gasteiger partial charge in [0.05, 0.1) is 11.4 Å². The molecule has 0 saturated carbocycles. The summed E-state index contributed by atoms with van der Waals surface area (Å²) in [6, 6.07) is 22.0. The molecule has 0 spiro atoms. The molecule has 0 bridgehead atoms. The normalized spacial score (nSPS) is 17.9. The quantitative estimate of drug-likeness (QED) is 0.0845. The van der Waals surface area contributed by atoms with Gasteiger partial charge in [0.15, 0.2) is 0 Å². The Hall–Kier alpha value is -5.10. The smallest absolute Gasteiger partial charge is 0 e. The molecular weight excluding hydrogens is 1170 g/mol. The van der Waals surface area contributed by atoms with E-state index in [9.17, 15) is 15.0 Å². The van der Waals surface area contributed by atoms with Gasteiger partial charge in [-0.15, -0.1) is 0 Å². The van der Waals surface area contributed by atoms with Crippen molar-refractivity contribution in [3.63, 3.8) is 0 Å². The van der Waals surface area contributed by atoms with E-state index in [4.69, 9.17) is 21.9 Å². The van der Waals surface area contributed by atoms with E-state index in [0.717, 1.165) is 94.4 Å². The molecular formula is C54H65BrMgMnN12O8Zn. The molecule has 3 saturated heterocycles. The van der Waals surface area contributed by atoms with Crippen molar-refractivity contribution in [1.29, 1.82) is 0 Å². The number of rotatable bonds is 11. The first-order valence-corrected chi connectivity index (χ1v) is 25.6. The van der Waals surface area contributed by atoms with Gasteiger partial charge in [-0.3, -0.25) is 29.8 Å². The molecule has 24 heteroatoms. The fraction of sp³-hybridized carbons (Fsp3) is 0.370. The molecule has 8 aromatic heterocycles. The Balaban J connectivity index is 0.000000267. The third kappa shape index (κ3) is 19.6. The second kappa shape index (κ2) is 35.5. The van der Waals surface area contributed by atoms with Crippen LogP contribution in [0.2, 0.25) is 0 Å². The summed E-state index contributed by atoms with van der Waals surface area (Å²) < 4.78 is 39.2. The number of carbonyl (C=O) groups is 1. The number of aliphatic hydroxyl groups excluding tert-OH is 1. The molecule has 20 nitrogen and oxygen atoms in total. The second-order valence-electron chi connectivity index (χ2n) is 17.7. The summed E-state index contributed by atoms with van der Waals surface area (Å²) >= 11 is -1.44. The van der Waals surface area contributed by atoms with Gasteiger partial charge < -0.3 is 48.8 Å². The Kier molecular flexibility index (Phi) is 30.6. The molecule has 3 aliphatic heterocycles. The number of nitrogens with zero attached hydrogens (tertiary/aromatic N) is 11. The van der Waals surface area contributed by atoms with Crippen LogP contribution >= 0.6 is 0 Å². The number of pyridine rings is 4. The molecule has 6 atom stereocenters. The van der Waals surface area contributed by atoms with Gasteiger partial charge in [0, 0.05) is 131 Å². The van der Waals surface area contributed by atoms with E-state index in [0.29, 0.717) is 28.6 Å². The van der Waals surface area contributed by atoms with Crippen molar-refractivity contribution in [3.8, 4) is 0 Å². The van der Waals surface area contributed by atoms with E-state index in [1.807, 2.05) is 66.0 Å². The number of halogens is 1. The van der Waals surface area contributed by atoms with Crippen molar-refractivity contribution >= 4 is 28.8 Å². The van der Waals surface area contributed by atoms with Crippen LogP contribution in [0.5, 0.6) is 0 Å². The summed E-state index contributed by atoms with van der Waals surface area (Å²) in [7, 11) is 0. The van der Waals surface area contributed by atoms with Crippen LogP contribution in [0, 0.1) is 7.43 Å². The maximum Gasteiger partial charge on any atom is 0 e. The zero-order valence-corrected chi connectivity index (χ0v) is 51.3. The van der Waals surface area contributed by atoms with Crippen LogP contribution in [-0.4, -0.2) is 118 Å². The first kappa shape index (κ1) is 67.2. The van der Waals surface area contributed by atoms with Gasteiger partial charge in [-0.05, 0) is 154 Å². The Morgan fingerprint density at radius 2 is 1.09 bits per heavy atom. The number of hydrogen-bond donors (Lipinski definition) is 3. The fourth-order valence-corrected chi connectivity index (χ4v) is 8.37. The third-order valence-electron chi connectivity index (χ3n) is 12.6.